The second-order valence-corrected chi connectivity index (χ2v) is 7.39. The van der Waals surface area contributed by atoms with E-state index >= 15 is 0 Å². The monoisotopic (exact) mass is 424 g/mol. The highest BCUT2D eigenvalue weighted by atomic mass is 16.5. The largest absolute Gasteiger partial charge is 0.423 e. The van der Waals surface area contributed by atoms with Gasteiger partial charge in [0.25, 0.3) is 0 Å². The minimum atomic E-state index is -0.477. The first-order valence-electron chi connectivity index (χ1n) is 10.5. The highest BCUT2D eigenvalue weighted by molar-refractivity contribution is 5.83. The molecule has 2 aromatic carbocycles. The molecule has 0 unspecified atom stereocenters. The molecule has 4 nitrogen and oxygen atoms in total. The summed E-state index contributed by atoms with van der Waals surface area (Å²) in [6.45, 7) is 6.76. The van der Waals surface area contributed by atoms with Crippen molar-refractivity contribution in [2.24, 2.45) is 11.8 Å². The summed E-state index contributed by atoms with van der Waals surface area (Å²) in [6, 6.07) is 14.3. The quantitative estimate of drug-likeness (QED) is 0.297. The first-order valence-corrected chi connectivity index (χ1v) is 10.5. The first-order chi connectivity index (χ1) is 15.6. The predicted molar refractivity (Wildman–Crippen MR) is 124 cm³/mol. The summed E-state index contributed by atoms with van der Waals surface area (Å²) in [6.07, 6.45) is 6.37. The Bertz CT molecular complexity index is 1000. The third-order valence-electron chi connectivity index (χ3n) is 5.05. The van der Waals surface area contributed by atoms with Crippen LogP contribution in [0.5, 0.6) is 11.5 Å². The molecule has 3 rings (SSSR count). The van der Waals surface area contributed by atoms with E-state index < -0.39 is 11.9 Å². The van der Waals surface area contributed by atoms with Crippen LogP contribution in [0.25, 0.3) is 0 Å². The summed E-state index contributed by atoms with van der Waals surface area (Å²) in [4.78, 5) is 22.4. The van der Waals surface area contributed by atoms with Crippen molar-refractivity contribution in [2.75, 3.05) is 0 Å². The van der Waals surface area contributed by atoms with E-state index in [9.17, 15) is 9.59 Å². The minimum absolute atomic E-state index is 0.366. The highest BCUT2D eigenvalue weighted by Gasteiger charge is 2.18. The van der Waals surface area contributed by atoms with Crippen LogP contribution in [0.3, 0.4) is 0 Å². The van der Waals surface area contributed by atoms with Crippen LogP contribution >= 0.6 is 0 Å². The molecule has 4 heteroatoms. The molecule has 0 bridgehead atoms. The van der Waals surface area contributed by atoms with Crippen LogP contribution < -0.4 is 9.47 Å². The molecule has 0 atom stereocenters. The second kappa shape index (κ2) is 11.4. The molecule has 0 saturated heterocycles. The molecular formula is C28H24O4. The molecule has 0 amide bonds. The van der Waals surface area contributed by atoms with E-state index in [1.54, 1.807) is 24.3 Å². The van der Waals surface area contributed by atoms with Crippen LogP contribution in [0.2, 0.25) is 0 Å². The van der Waals surface area contributed by atoms with Gasteiger partial charge in [0.1, 0.15) is 11.5 Å². The average molecular weight is 424 g/mol. The molecule has 0 heterocycles. The van der Waals surface area contributed by atoms with Gasteiger partial charge in [0.05, 0.1) is 0 Å². The molecule has 1 fully saturated rings. The van der Waals surface area contributed by atoms with E-state index in [0.29, 0.717) is 23.3 Å². The van der Waals surface area contributed by atoms with E-state index in [-0.39, 0.29) is 0 Å². The van der Waals surface area contributed by atoms with Crippen molar-refractivity contribution in [1.29, 1.82) is 0 Å². The van der Waals surface area contributed by atoms with Gasteiger partial charge in [0.2, 0.25) is 0 Å². The molecule has 0 aliphatic heterocycles. The number of esters is 2. The number of hydrogen-bond donors (Lipinski definition) is 0. The zero-order valence-corrected chi connectivity index (χ0v) is 17.8. The number of carbonyl (C=O) groups is 2. The SMILES string of the molecule is C=CC(=O)Oc1ccc(C#CC2CCC(C#Cc3ccc(OC(=O)C=C)cc3)CC2)cc1. The van der Waals surface area contributed by atoms with Crippen molar-refractivity contribution >= 4 is 11.9 Å². The third-order valence-corrected chi connectivity index (χ3v) is 5.05. The fraction of sp³-hybridized carbons (Fsp3) is 0.214. The highest BCUT2D eigenvalue weighted by Crippen LogP contribution is 2.28. The molecule has 0 aromatic heterocycles. The summed E-state index contributed by atoms with van der Waals surface area (Å²) in [5.41, 5.74) is 1.79. The number of benzene rings is 2. The number of hydrogen-bond acceptors (Lipinski definition) is 4. The van der Waals surface area contributed by atoms with Crippen molar-refractivity contribution in [1.82, 2.24) is 0 Å². The van der Waals surface area contributed by atoms with Crippen LogP contribution in [0.15, 0.2) is 73.8 Å². The Balaban J connectivity index is 1.48. The van der Waals surface area contributed by atoms with Crippen LogP contribution in [0.4, 0.5) is 0 Å². The lowest BCUT2D eigenvalue weighted by atomic mass is 9.82. The lowest BCUT2D eigenvalue weighted by molar-refractivity contribution is -0.129. The van der Waals surface area contributed by atoms with E-state index in [2.05, 4.69) is 36.8 Å². The van der Waals surface area contributed by atoms with Crippen LogP contribution in [-0.4, -0.2) is 11.9 Å². The lowest BCUT2D eigenvalue weighted by Crippen LogP contribution is -2.12. The predicted octanol–water partition coefficient (Wildman–Crippen LogP) is 5.08. The van der Waals surface area contributed by atoms with Gasteiger partial charge in [-0.1, -0.05) is 36.8 Å². The molecule has 1 aliphatic carbocycles. The molecule has 2 aromatic rings. The molecule has 1 saturated carbocycles. The summed E-state index contributed by atoms with van der Waals surface area (Å²) in [5.74, 6) is 13.9. The van der Waals surface area contributed by atoms with E-state index in [1.807, 2.05) is 24.3 Å². The van der Waals surface area contributed by atoms with Gasteiger partial charge >= 0.3 is 11.9 Å². The summed E-state index contributed by atoms with van der Waals surface area (Å²) < 4.78 is 10.1. The third kappa shape index (κ3) is 7.04. The lowest BCUT2D eigenvalue weighted by Gasteiger charge is -2.21. The van der Waals surface area contributed by atoms with Crippen LogP contribution in [0.1, 0.15) is 36.8 Å². The smallest absolute Gasteiger partial charge is 0.335 e. The second-order valence-electron chi connectivity index (χ2n) is 7.39. The number of ether oxygens (including phenoxy) is 2. The topological polar surface area (TPSA) is 52.6 Å². The Kier molecular flexibility index (Phi) is 8.07. The first kappa shape index (κ1) is 22.7. The standard InChI is InChI=1S/C28H24O4/c1-3-27(29)31-25-17-13-23(14-18-25)11-9-21-5-7-22(8-6-21)10-12-24-15-19-26(20-16-24)32-28(30)4-2/h3-4,13-22H,1-2,5-8H2. The molecule has 0 radical (unpaired) electrons. The molecule has 1 aliphatic rings. The van der Waals surface area contributed by atoms with Gasteiger partial charge in [-0.2, -0.15) is 0 Å². The van der Waals surface area contributed by atoms with Gasteiger partial charge in [0.15, 0.2) is 0 Å². The number of carbonyl (C=O) groups excluding carboxylic acids is 2. The Hall–Kier alpha value is -4.02. The zero-order chi connectivity index (χ0) is 22.8. The molecular weight excluding hydrogens is 400 g/mol. The minimum Gasteiger partial charge on any atom is -0.423 e. The van der Waals surface area contributed by atoms with Crippen molar-refractivity contribution in [3.63, 3.8) is 0 Å². The maximum Gasteiger partial charge on any atom is 0.335 e. The fourth-order valence-corrected chi connectivity index (χ4v) is 3.28. The Morgan fingerprint density at radius 3 is 1.34 bits per heavy atom. The molecule has 160 valence electrons. The van der Waals surface area contributed by atoms with E-state index in [0.717, 1.165) is 49.0 Å². The van der Waals surface area contributed by atoms with E-state index in [4.69, 9.17) is 9.47 Å². The van der Waals surface area contributed by atoms with Crippen molar-refractivity contribution in [3.8, 4) is 35.2 Å². The van der Waals surface area contributed by atoms with Gasteiger partial charge < -0.3 is 9.47 Å². The summed E-state index contributed by atoms with van der Waals surface area (Å²) >= 11 is 0. The molecule has 0 N–H and O–H groups in total. The zero-order valence-electron chi connectivity index (χ0n) is 17.8. The average Bonchev–Trinajstić information content (AvgIpc) is 2.83. The van der Waals surface area contributed by atoms with Gasteiger partial charge in [-0.3, -0.25) is 0 Å². The van der Waals surface area contributed by atoms with Gasteiger partial charge in [-0.05, 0) is 74.2 Å². The van der Waals surface area contributed by atoms with Crippen molar-refractivity contribution < 1.29 is 19.1 Å². The van der Waals surface area contributed by atoms with Gasteiger partial charge in [-0.15, -0.1) is 0 Å². The van der Waals surface area contributed by atoms with E-state index in [1.165, 1.54) is 0 Å². The Morgan fingerprint density at radius 1 is 0.688 bits per heavy atom. The summed E-state index contributed by atoms with van der Waals surface area (Å²) in [7, 11) is 0. The summed E-state index contributed by atoms with van der Waals surface area (Å²) in [5, 5.41) is 0. The number of rotatable bonds is 4. The van der Waals surface area contributed by atoms with Crippen molar-refractivity contribution in [3.05, 3.63) is 85.0 Å². The van der Waals surface area contributed by atoms with Crippen molar-refractivity contribution in [2.45, 2.75) is 25.7 Å². The van der Waals surface area contributed by atoms with Crippen LogP contribution in [0, 0.1) is 35.5 Å². The van der Waals surface area contributed by atoms with Gasteiger partial charge in [0, 0.05) is 35.1 Å². The van der Waals surface area contributed by atoms with Gasteiger partial charge in [-0.25, -0.2) is 9.59 Å². The normalized spacial score (nSPS) is 16.9. The maximum atomic E-state index is 11.2. The molecule has 32 heavy (non-hydrogen) atoms. The fourth-order valence-electron chi connectivity index (χ4n) is 3.28. The maximum absolute atomic E-state index is 11.2. The van der Waals surface area contributed by atoms with Crippen LogP contribution in [-0.2, 0) is 9.59 Å². The Labute approximate surface area is 188 Å². The molecule has 0 spiro atoms. The Morgan fingerprint density at radius 2 is 1.03 bits per heavy atom.